The van der Waals surface area contributed by atoms with E-state index in [4.69, 9.17) is 9.72 Å². The SMILES string of the molecule is CCCNc1cc(C2CC2)nc2ccc(OC(C)C)cc12. The van der Waals surface area contributed by atoms with Crippen molar-refractivity contribution in [2.75, 3.05) is 11.9 Å². The molecule has 2 aromatic rings. The van der Waals surface area contributed by atoms with Gasteiger partial charge in [0.25, 0.3) is 0 Å². The average molecular weight is 284 g/mol. The van der Waals surface area contributed by atoms with Crippen LogP contribution < -0.4 is 10.1 Å². The van der Waals surface area contributed by atoms with Crippen LogP contribution in [0.1, 0.15) is 51.6 Å². The van der Waals surface area contributed by atoms with E-state index >= 15 is 0 Å². The molecule has 1 heterocycles. The molecular weight excluding hydrogens is 260 g/mol. The Morgan fingerprint density at radius 2 is 2.10 bits per heavy atom. The molecule has 3 nitrogen and oxygen atoms in total. The smallest absolute Gasteiger partial charge is 0.120 e. The molecule has 1 saturated carbocycles. The molecule has 0 spiro atoms. The van der Waals surface area contributed by atoms with Crippen LogP contribution in [0.2, 0.25) is 0 Å². The molecule has 0 atom stereocenters. The Morgan fingerprint density at radius 3 is 2.76 bits per heavy atom. The van der Waals surface area contributed by atoms with E-state index in [9.17, 15) is 0 Å². The number of hydrogen-bond donors (Lipinski definition) is 1. The lowest BCUT2D eigenvalue weighted by Gasteiger charge is -2.14. The second-order valence-corrected chi connectivity index (χ2v) is 6.14. The molecule has 3 heteroatoms. The fourth-order valence-electron chi connectivity index (χ4n) is 2.57. The van der Waals surface area contributed by atoms with E-state index in [1.165, 1.54) is 24.2 Å². The normalized spacial score (nSPS) is 14.7. The highest BCUT2D eigenvalue weighted by Crippen LogP contribution is 2.41. The standard InChI is InChI=1S/C18H24N2O/c1-4-9-19-18-11-17(13-5-6-13)20-16-8-7-14(10-15(16)18)21-12(2)3/h7-8,10-13H,4-6,9H2,1-3H3,(H,19,20). The predicted molar refractivity (Wildman–Crippen MR) is 88.3 cm³/mol. The van der Waals surface area contributed by atoms with Gasteiger partial charge in [0.15, 0.2) is 0 Å². The van der Waals surface area contributed by atoms with E-state index < -0.39 is 0 Å². The van der Waals surface area contributed by atoms with Crippen molar-refractivity contribution < 1.29 is 4.74 Å². The topological polar surface area (TPSA) is 34.2 Å². The van der Waals surface area contributed by atoms with Gasteiger partial charge >= 0.3 is 0 Å². The van der Waals surface area contributed by atoms with Gasteiger partial charge < -0.3 is 10.1 Å². The van der Waals surface area contributed by atoms with Crippen molar-refractivity contribution in [2.24, 2.45) is 0 Å². The molecule has 1 aromatic carbocycles. The van der Waals surface area contributed by atoms with Gasteiger partial charge in [0.05, 0.1) is 11.6 Å². The Labute approximate surface area is 126 Å². The van der Waals surface area contributed by atoms with Gasteiger partial charge in [-0.05, 0) is 57.4 Å². The van der Waals surface area contributed by atoms with Crippen molar-refractivity contribution in [1.29, 1.82) is 0 Å². The van der Waals surface area contributed by atoms with Crippen molar-refractivity contribution in [1.82, 2.24) is 4.98 Å². The van der Waals surface area contributed by atoms with Crippen LogP contribution in [0.15, 0.2) is 24.3 Å². The van der Waals surface area contributed by atoms with E-state index in [0.29, 0.717) is 5.92 Å². The molecule has 1 aromatic heterocycles. The summed E-state index contributed by atoms with van der Waals surface area (Å²) in [4.78, 5) is 4.83. The monoisotopic (exact) mass is 284 g/mol. The number of ether oxygens (including phenoxy) is 1. The Morgan fingerprint density at radius 1 is 1.29 bits per heavy atom. The first-order chi connectivity index (χ1) is 10.2. The molecule has 0 aliphatic heterocycles. The number of hydrogen-bond acceptors (Lipinski definition) is 3. The lowest BCUT2D eigenvalue weighted by atomic mass is 10.1. The lowest BCUT2D eigenvalue weighted by molar-refractivity contribution is 0.243. The number of rotatable bonds is 6. The Kier molecular flexibility index (Phi) is 4.00. The minimum absolute atomic E-state index is 0.188. The molecular formula is C18H24N2O. The molecule has 1 aliphatic carbocycles. The van der Waals surface area contributed by atoms with Gasteiger partial charge in [-0.3, -0.25) is 4.98 Å². The number of fused-ring (bicyclic) bond motifs is 1. The van der Waals surface area contributed by atoms with Crippen molar-refractivity contribution >= 4 is 16.6 Å². The molecule has 1 aliphatic rings. The van der Waals surface area contributed by atoms with Crippen molar-refractivity contribution in [2.45, 2.75) is 52.1 Å². The summed E-state index contributed by atoms with van der Waals surface area (Å²) in [5, 5.41) is 4.70. The van der Waals surface area contributed by atoms with Gasteiger partial charge in [-0.25, -0.2) is 0 Å². The molecule has 21 heavy (non-hydrogen) atoms. The summed E-state index contributed by atoms with van der Waals surface area (Å²) in [5.41, 5.74) is 3.49. The van der Waals surface area contributed by atoms with Gasteiger partial charge in [-0.1, -0.05) is 6.92 Å². The zero-order valence-electron chi connectivity index (χ0n) is 13.1. The van der Waals surface area contributed by atoms with E-state index in [1.54, 1.807) is 0 Å². The molecule has 112 valence electrons. The van der Waals surface area contributed by atoms with Crippen LogP contribution in [0.25, 0.3) is 10.9 Å². The first kappa shape index (κ1) is 14.2. The summed E-state index contributed by atoms with van der Waals surface area (Å²) in [6, 6.07) is 8.44. The molecule has 0 amide bonds. The minimum Gasteiger partial charge on any atom is -0.491 e. The highest BCUT2D eigenvalue weighted by Gasteiger charge is 2.26. The maximum absolute atomic E-state index is 5.82. The van der Waals surface area contributed by atoms with Gasteiger partial charge in [-0.2, -0.15) is 0 Å². The van der Waals surface area contributed by atoms with Gasteiger partial charge in [0.1, 0.15) is 5.75 Å². The number of benzene rings is 1. The molecule has 0 unspecified atom stereocenters. The third kappa shape index (κ3) is 3.29. The van der Waals surface area contributed by atoms with Crippen LogP contribution in [-0.4, -0.2) is 17.6 Å². The molecule has 0 radical (unpaired) electrons. The van der Waals surface area contributed by atoms with Crippen LogP contribution >= 0.6 is 0 Å². The maximum atomic E-state index is 5.82. The lowest BCUT2D eigenvalue weighted by Crippen LogP contribution is -2.06. The quantitative estimate of drug-likeness (QED) is 0.833. The van der Waals surface area contributed by atoms with Crippen LogP contribution in [-0.2, 0) is 0 Å². The van der Waals surface area contributed by atoms with Gasteiger partial charge in [0, 0.05) is 29.2 Å². The van der Waals surface area contributed by atoms with E-state index in [1.807, 2.05) is 6.07 Å². The van der Waals surface area contributed by atoms with Crippen LogP contribution in [0.3, 0.4) is 0 Å². The molecule has 0 saturated heterocycles. The van der Waals surface area contributed by atoms with E-state index in [-0.39, 0.29) is 6.10 Å². The number of nitrogens with one attached hydrogen (secondary N) is 1. The highest BCUT2D eigenvalue weighted by atomic mass is 16.5. The molecule has 1 N–H and O–H groups in total. The largest absolute Gasteiger partial charge is 0.491 e. The first-order valence-corrected chi connectivity index (χ1v) is 8.02. The predicted octanol–water partition coefficient (Wildman–Crippen LogP) is 4.72. The van der Waals surface area contributed by atoms with Crippen LogP contribution in [0.5, 0.6) is 5.75 Å². The van der Waals surface area contributed by atoms with Crippen LogP contribution in [0.4, 0.5) is 5.69 Å². The van der Waals surface area contributed by atoms with Crippen molar-refractivity contribution in [3.8, 4) is 5.75 Å². The second kappa shape index (κ2) is 5.92. The number of anilines is 1. The number of nitrogens with zero attached hydrogens (tertiary/aromatic N) is 1. The fourth-order valence-corrected chi connectivity index (χ4v) is 2.57. The minimum atomic E-state index is 0.188. The molecule has 0 bridgehead atoms. The van der Waals surface area contributed by atoms with Crippen molar-refractivity contribution in [3.63, 3.8) is 0 Å². The first-order valence-electron chi connectivity index (χ1n) is 8.02. The molecule has 3 rings (SSSR count). The third-order valence-electron chi connectivity index (χ3n) is 3.73. The maximum Gasteiger partial charge on any atom is 0.120 e. The second-order valence-electron chi connectivity index (χ2n) is 6.14. The summed E-state index contributed by atoms with van der Waals surface area (Å²) in [6.07, 6.45) is 3.86. The molecule has 1 fully saturated rings. The number of aromatic nitrogens is 1. The van der Waals surface area contributed by atoms with Crippen molar-refractivity contribution in [3.05, 3.63) is 30.0 Å². The summed E-state index contributed by atoms with van der Waals surface area (Å²) in [7, 11) is 0. The summed E-state index contributed by atoms with van der Waals surface area (Å²) in [6.45, 7) is 7.27. The van der Waals surface area contributed by atoms with E-state index in [2.05, 4.69) is 44.3 Å². The Hall–Kier alpha value is -1.77. The fraction of sp³-hybridized carbons (Fsp3) is 0.500. The van der Waals surface area contributed by atoms with Gasteiger partial charge in [-0.15, -0.1) is 0 Å². The summed E-state index contributed by atoms with van der Waals surface area (Å²) < 4.78 is 5.82. The third-order valence-corrected chi connectivity index (χ3v) is 3.73. The van der Waals surface area contributed by atoms with E-state index in [0.717, 1.165) is 29.6 Å². The highest BCUT2D eigenvalue weighted by molar-refractivity contribution is 5.92. The Balaban J connectivity index is 2.02. The number of pyridine rings is 1. The summed E-state index contributed by atoms with van der Waals surface area (Å²) >= 11 is 0. The summed E-state index contributed by atoms with van der Waals surface area (Å²) in [5.74, 6) is 1.58. The van der Waals surface area contributed by atoms with Gasteiger partial charge in [0.2, 0.25) is 0 Å². The zero-order chi connectivity index (χ0) is 14.8. The zero-order valence-corrected chi connectivity index (χ0v) is 13.1. The average Bonchev–Trinajstić information content (AvgIpc) is 3.28. The Bertz CT molecular complexity index is 632. The van der Waals surface area contributed by atoms with Crippen LogP contribution in [0, 0.1) is 0 Å².